The molecule has 2 heterocycles. The average molecular weight is 298 g/mol. The van der Waals surface area contributed by atoms with E-state index in [4.69, 9.17) is 0 Å². The largest absolute Gasteiger partial charge is 0.332 e. The second-order valence-corrected chi connectivity index (χ2v) is 5.53. The Morgan fingerprint density at radius 2 is 2.14 bits per heavy atom. The lowest BCUT2D eigenvalue weighted by molar-refractivity contribution is -0.113. The van der Waals surface area contributed by atoms with Crippen molar-refractivity contribution in [3.63, 3.8) is 0 Å². The van der Waals surface area contributed by atoms with E-state index < -0.39 is 0 Å². The maximum atomic E-state index is 12.0. The van der Waals surface area contributed by atoms with Crippen molar-refractivity contribution in [1.82, 2.24) is 15.0 Å². The molecule has 0 unspecified atom stereocenters. The molecular formula is C15H14N4OS. The number of aromatic nitrogens is 3. The third-order valence-corrected chi connectivity index (χ3v) is 3.87. The number of thioether (sulfide) groups is 1. The van der Waals surface area contributed by atoms with E-state index in [1.54, 1.807) is 6.20 Å². The molecule has 0 spiro atoms. The first-order valence-corrected chi connectivity index (χ1v) is 7.50. The smallest absolute Gasteiger partial charge is 0.234 e. The Morgan fingerprint density at radius 3 is 2.95 bits per heavy atom. The van der Waals surface area contributed by atoms with Gasteiger partial charge in [-0.3, -0.25) is 4.79 Å². The molecule has 0 saturated heterocycles. The van der Waals surface area contributed by atoms with Gasteiger partial charge in [0.15, 0.2) is 10.8 Å². The molecule has 0 aliphatic rings. The van der Waals surface area contributed by atoms with Crippen LogP contribution in [0, 0.1) is 6.92 Å². The van der Waals surface area contributed by atoms with Gasteiger partial charge in [-0.2, -0.15) is 0 Å². The molecule has 0 saturated carbocycles. The van der Waals surface area contributed by atoms with Crippen LogP contribution in [0.4, 0.5) is 5.69 Å². The molecule has 5 nitrogen and oxygen atoms in total. The maximum absolute atomic E-state index is 12.0. The van der Waals surface area contributed by atoms with Crippen LogP contribution < -0.4 is 5.32 Å². The summed E-state index contributed by atoms with van der Waals surface area (Å²) >= 11 is 1.36. The van der Waals surface area contributed by atoms with E-state index in [1.165, 1.54) is 11.8 Å². The van der Waals surface area contributed by atoms with Crippen LogP contribution in [0.2, 0.25) is 0 Å². The summed E-state index contributed by atoms with van der Waals surface area (Å²) in [5.41, 5.74) is 3.43. The van der Waals surface area contributed by atoms with Gasteiger partial charge in [0, 0.05) is 11.9 Å². The van der Waals surface area contributed by atoms with Crippen LogP contribution in [-0.4, -0.2) is 26.6 Å². The van der Waals surface area contributed by atoms with Crippen LogP contribution in [0.25, 0.3) is 11.2 Å². The molecule has 21 heavy (non-hydrogen) atoms. The minimum Gasteiger partial charge on any atom is -0.332 e. The molecule has 2 aromatic heterocycles. The predicted molar refractivity (Wildman–Crippen MR) is 84.4 cm³/mol. The summed E-state index contributed by atoms with van der Waals surface area (Å²) in [6.07, 6.45) is 1.70. The van der Waals surface area contributed by atoms with Crippen LogP contribution in [0.1, 0.15) is 5.56 Å². The lowest BCUT2D eigenvalue weighted by Gasteiger charge is -2.06. The maximum Gasteiger partial charge on any atom is 0.234 e. The molecule has 3 aromatic rings. The van der Waals surface area contributed by atoms with Gasteiger partial charge in [-0.15, -0.1) is 0 Å². The zero-order chi connectivity index (χ0) is 14.7. The summed E-state index contributed by atoms with van der Waals surface area (Å²) in [4.78, 5) is 23.6. The molecule has 1 aromatic carbocycles. The van der Waals surface area contributed by atoms with Crippen molar-refractivity contribution >= 4 is 34.5 Å². The molecule has 0 radical (unpaired) electrons. The van der Waals surface area contributed by atoms with Crippen LogP contribution in [0.15, 0.2) is 47.8 Å². The number of carbonyl (C=O) groups excluding carboxylic acids is 1. The Balaban J connectivity index is 1.62. The zero-order valence-corrected chi connectivity index (χ0v) is 12.3. The quantitative estimate of drug-likeness (QED) is 0.726. The number of hydrogen-bond acceptors (Lipinski definition) is 4. The molecule has 0 aliphatic carbocycles. The highest BCUT2D eigenvalue weighted by Crippen LogP contribution is 2.19. The molecule has 0 atom stereocenters. The minimum atomic E-state index is -0.0530. The van der Waals surface area contributed by atoms with Gasteiger partial charge in [-0.25, -0.2) is 9.97 Å². The second kappa shape index (κ2) is 5.97. The summed E-state index contributed by atoms with van der Waals surface area (Å²) in [7, 11) is 0. The number of para-hydroxylation sites is 1. The highest BCUT2D eigenvalue weighted by molar-refractivity contribution is 7.99. The van der Waals surface area contributed by atoms with E-state index in [0.29, 0.717) is 16.6 Å². The number of amides is 1. The number of pyridine rings is 1. The number of hydrogen-bond donors (Lipinski definition) is 2. The van der Waals surface area contributed by atoms with E-state index in [2.05, 4.69) is 20.3 Å². The molecule has 0 fully saturated rings. The zero-order valence-electron chi connectivity index (χ0n) is 11.5. The number of H-pyrrole nitrogens is 1. The van der Waals surface area contributed by atoms with Crippen molar-refractivity contribution in [2.24, 2.45) is 0 Å². The first-order valence-electron chi connectivity index (χ1n) is 6.51. The molecule has 106 valence electrons. The molecule has 2 N–H and O–H groups in total. The van der Waals surface area contributed by atoms with Crippen molar-refractivity contribution in [3.8, 4) is 0 Å². The van der Waals surface area contributed by atoms with Crippen molar-refractivity contribution in [2.75, 3.05) is 11.1 Å². The molecule has 0 aliphatic heterocycles. The molecule has 1 amide bonds. The number of aryl methyl sites for hydroxylation is 1. The van der Waals surface area contributed by atoms with E-state index in [9.17, 15) is 4.79 Å². The number of aromatic amines is 1. The fourth-order valence-corrected chi connectivity index (χ4v) is 2.60. The summed E-state index contributed by atoms with van der Waals surface area (Å²) in [6.45, 7) is 1.97. The van der Waals surface area contributed by atoms with Crippen LogP contribution in [0.5, 0.6) is 0 Å². The van der Waals surface area contributed by atoms with Gasteiger partial charge in [0.05, 0.1) is 11.3 Å². The summed E-state index contributed by atoms with van der Waals surface area (Å²) in [6, 6.07) is 11.5. The van der Waals surface area contributed by atoms with Gasteiger partial charge in [-0.1, -0.05) is 30.0 Å². The normalized spacial score (nSPS) is 10.7. The third-order valence-electron chi connectivity index (χ3n) is 2.99. The van der Waals surface area contributed by atoms with Gasteiger partial charge < -0.3 is 10.3 Å². The molecular weight excluding hydrogens is 284 g/mol. The number of carbonyl (C=O) groups is 1. The molecule has 3 rings (SSSR count). The Bertz CT molecular complexity index is 751. The first-order chi connectivity index (χ1) is 10.2. The second-order valence-electron chi connectivity index (χ2n) is 4.57. The van der Waals surface area contributed by atoms with Crippen molar-refractivity contribution in [2.45, 2.75) is 12.1 Å². The fourth-order valence-electron chi connectivity index (χ4n) is 1.92. The number of fused-ring (bicyclic) bond motifs is 1. The Labute approximate surface area is 126 Å². The Morgan fingerprint density at radius 1 is 1.29 bits per heavy atom. The van der Waals surface area contributed by atoms with Gasteiger partial charge in [0.2, 0.25) is 5.91 Å². The van der Waals surface area contributed by atoms with Crippen molar-refractivity contribution in [1.29, 1.82) is 0 Å². The summed E-state index contributed by atoms with van der Waals surface area (Å²) < 4.78 is 0. The predicted octanol–water partition coefficient (Wildman–Crippen LogP) is 3.00. The molecule has 6 heteroatoms. The van der Waals surface area contributed by atoms with Gasteiger partial charge in [0.25, 0.3) is 0 Å². The number of imidazole rings is 1. The monoisotopic (exact) mass is 298 g/mol. The van der Waals surface area contributed by atoms with Crippen LogP contribution in [-0.2, 0) is 4.79 Å². The number of rotatable bonds is 4. The fraction of sp³-hybridized carbons (Fsp3) is 0.133. The number of benzene rings is 1. The van der Waals surface area contributed by atoms with Crippen molar-refractivity contribution in [3.05, 3.63) is 48.2 Å². The molecule has 0 bridgehead atoms. The van der Waals surface area contributed by atoms with E-state index in [0.717, 1.165) is 16.8 Å². The third kappa shape index (κ3) is 3.22. The number of anilines is 1. The SMILES string of the molecule is Cc1ccccc1NC(=O)CSc1nc2ncccc2[nH]1. The average Bonchev–Trinajstić information content (AvgIpc) is 2.90. The number of nitrogens with zero attached hydrogens (tertiary/aromatic N) is 2. The summed E-state index contributed by atoms with van der Waals surface area (Å²) in [5.74, 6) is 0.247. The van der Waals surface area contributed by atoms with Gasteiger partial charge in [0.1, 0.15) is 0 Å². The number of nitrogens with one attached hydrogen (secondary N) is 2. The van der Waals surface area contributed by atoms with Crippen LogP contribution >= 0.6 is 11.8 Å². The minimum absolute atomic E-state index is 0.0530. The van der Waals surface area contributed by atoms with Crippen molar-refractivity contribution < 1.29 is 4.79 Å². The van der Waals surface area contributed by atoms with E-state index >= 15 is 0 Å². The first kappa shape index (κ1) is 13.6. The Kier molecular flexibility index (Phi) is 3.87. The lowest BCUT2D eigenvalue weighted by Crippen LogP contribution is -2.14. The van der Waals surface area contributed by atoms with E-state index in [-0.39, 0.29) is 5.91 Å². The standard InChI is InChI=1S/C15H14N4OS/c1-10-5-2-3-6-11(10)17-13(20)9-21-15-18-12-7-4-8-16-14(12)19-15/h2-8H,9H2,1H3,(H,17,20)(H,16,18,19). The van der Waals surface area contributed by atoms with Gasteiger partial charge in [-0.05, 0) is 30.7 Å². The Hall–Kier alpha value is -2.34. The van der Waals surface area contributed by atoms with Crippen LogP contribution in [0.3, 0.4) is 0 Å². The van der Waals surface area contributed by atoms with Gasteiger partial charge >= 0.3 is 0 Å². The summed E-state index contributed by atoms with van der Waals surface area (Å²) in [5, 5.41) is 3.59. The highest BCUT2D eigenvalue weighted by Gasteiger charge is 2.08. The van der Waals surface area contributed by atoms with E-state index in [1.807, 2.05) is 43.3 Å². The lowest BCUT2D eigenvalue weighted by atomic mass is 10.2. The topological polar surface area (TPSA) is 70.7 Å². The highest BCUT2D eigenvalue weighted by atomic mass is 32.2.